The molecule has 4 heteroatoms. The standard InChI is InChI=1S/C19H22F2NO/c1-2-14-4-3-5-16(8-14)12-22-13-19(23)7-6-15-9-17(20)11-18(21)10-15/h3-5,7-11,19,22-23H,2,6,12-13H2,1H3. The molecule has 2 nitrogen and oxygen atoms in total. The first-order valence-electron chi connectivity index (χ1n) is 7.81. The van der Waals surface area contributed by atoms with Crippen molar-refractivity contribution in [3.8, 4) is 0 Å². The fourth-order valence-electron chi connectivity index (χ4n) is 2.41. The van der Waals surface area contributed by atoms with Crippen molar-refractivity contribution in [1.29, 1.82) is 0 Å². The molecule has 0 heterocycles. The molecule has 2 N–H and O–H groups in total. The zero-order valence-electron chi connectivity index (χ0n) is 13.2. The molecular weight excluding hydrogens is 296 g/mol. The third kappa shape index (κ3) is 6.08. The lowest BCUT2D eigenvalue weighted by Crippen LogP contribution is -2.27. The molecular formula is C19H22F2NO. The molecule has 0 saturated carbocycles. The molecule has 23 heavy (non-hydrogen) atoms. The van der Waals surface area contributed by atoms with Crippen LogP contribution in [0.1, 0.15) is 23.6 Å². The molecule has 2 aromatic rings. The van der Waals surface area contributed by atoms with Crippen molar-refractivity contribution in [2.75, 3.05) is 6.54 Å². The van der Waals surface area contributed by atoms with Gasteiger partial charge in [0.05, 0.1) is 6.10 Å². The predicted octanol–water partition coefficient (Wildman–Crippen LogP) is 3.42. The number of halogens is 2. The van der Waals surface area contributed by atoms with Crippen LogP contribution in [0.2, 0.25) is 0 Å². The van der Waals surface area contributed by atoms with Crippen molar-refractivity contribution in [3.05, 3.63) is 77.2 Å². The fourth-order valence-corrected chi connectivity index (χ4v) is 2.41. The first-order valence-corrected chi connectivity index (χ1v) is 7.81. The Bertz CT molecular complexity index is 610. The highest BCUT2D eigenvalue weighted by molar-refractivity contribution is 5.23. The maximum atomic E-state index is 13.1. The van der Waals surface area contributed by atoms with Gasteiger partial charge in [-0.05, 0) is 48.1 Å². The Morgan fingerprint density at radius 1 is 1.04 bits per heavy atom. The second-order valence-corrected chi connectivity index (χ2v) is 5.59. The van der Waals surface area contributed by atoms with Crippen molar-refractivity contribution in [3.63, 3.8) is 0 Å². The zero-order valence-corrected chi connectivity index (χ0v) is 13.2. The van der Waals surface area contributed by atoms with Gasteiger partial charge in [-0.1, -0.05) is 31.2 Å². The minimum atomic E-state index is -0.671. The van der Waals surface area contributed by atoms with E-state index >= 15 is 0 Å². The van der Waals surface area contributed by atoms with Crippen LogP contribution in [0.5, 0.6) is 0 Å². The topological polar surface area (TPSA) is 32.3 Å². The van der Waals surface area contributed by atoms with Crippen LogP contribution in [0, 0.1) is 18.1 Å². The molecule has 0 aromatic heterocycles. The Morgan fingerprint density at radius 2 is 1.74 bits per heavy atom. The molecule has 1 unspecified atom stereocenters. The molecule has 0 aliphatic rings. The predicted molar refractivity (Wildman–Crippen MR) is 87.9 cm³/mol. The highest BCUT2D eigenvalue weighted by atomic mass is 19.1. The Labute approximate surface area is 136 Å². The lowest BCUT2D eigenvalue weighted by atomic mass is 10.1. The minimum absolute atomic E-state index is 0.322. The third-order valence-corrected chi connectivity index (χ3v) is 3.63. The van der Waals surface area contributed by atoms with Crippen LogP contribution >= 0.6 is 0 Å². The summed E-state index contributed by atoms with van der Waals surface area (Å²) in [5, 5.41) is 13.1. The normalized spacial score (nSPS) is 12.3. The summed E-state index contributed by atoms with van der Waals surface area (Å²) in [5.74, 6) is -1.20. The fraction of sp³-hybridized carbons (Fsp3) is 0.316. The van der Waals surface area contributed by atoms with Crippen LogP contribution in [0.25, 0.3) is 0 Å². The zero-order chi connectivity index (χ0) is 16.7. The average molecular weight is 318 g/mol. The van der Waals surface area contributed by atoms with E-state index in [2.05, 4.69) is 24.4 Å². The van der Waals surface area contributed by atoms with Gasteiger partial charge in [0.1, 0.15) is 11.6 Å². The summed E-state index contributed by atoms with van der Waals surface area (Å²) in [6.07, 6.45) is 2.29. The van der Waals surface area contributed by atoms with E-state index in [0.717, 1.165) is 12.5 Å². The van der Waals surface area contributed by atoms with Gasteiger partial charge in [-0.15, -0.1) is 0 Å². The first-order chi connectivity index (χ1) is 11.1. The Balaban J connectivity index is 1.73. The summed E-state index contributed by atoms with van der Waals surface area (Å²) in [7, 11) is 0. The number of aliphatic hydroxyl groups is 1. The van der Waals surface area contributed by atoms with E-state index in [9.17, 15) is 13.9 Å². The summed E-state index contributed by atoms with van der Waals surface area (Å²) < 4.78 is 26.2. The van der Waals surface area contributed by atoms with Gasteiger partial charge >= 0.3 is 0 Å². The number of aliphatic hydroxyl groups excluding tert-OH is 1. The smallest absolute Gasteiger partial charge is 0.126 e. The molecule has 1 radical (unpaired) electrons. The van der Waals surface area contributed by atoms with Crippen LogP contribution in [-0.4, -0.2) is 17.8 Å². The number of aryl methyl sites for hydroxylation is 1. The molecule has 0 aliphatic heterocycles. The number of nitrogens with one attached hydrogen (secondary N) is 1. The van der Waals surface area contributed by atoms with Gasteiger partial charge in [0.2, 0.25) is 0 Å². The highest BCUT2D eigenvalue weighted by Gasteiger charge is 2.07. The lowest BCUT2D eigenvalue weighted by Gasteiger charge is -2.12. The molecule has 0 amide bonds. The van der Waals surface area contributed by atoms with E-state index in [1.807, 2.05) is 12.1 Å². The second kappa shape index (κ2) is 8.75. The van der Waals surface area contributed by atoms with Crippen molar-refractivity contribution in [2.45, 2.75) is 32.4 Å². The monoisotopic (exact) mass is 318 g/mol. The molecule has 0 bridgehead atoms. The lowest BCUT2D eigenvalue weighted by molar-refractivity contribution is 0.200. The number of hydrogen-bond donors (Lipinski definition) is 2. The van der Waals surface area contributed by atoms with Crippen LogP contribution in [0.15, 0.2) is 42.5 Å². The summed E-state index contributed by atoms with van der Waals surface area (Å²) >= 11 is 0. The van der Waals surface area contributed by atoms with Gasteiger partial charge in [0, 0.05) is 19.2 Å². The Hall–Kier alpha value is -1.78. The molecule has 1 atom stereocenters. The van der Waals surface area contributed by atoms with Crippen molar-refractivity contribution in [2.24, 2.45) is 0 Å². The van der Waals surface area contributed by atoms with Crippen molar-refractivity contribution >= 4 is 0 Å². The molecule has 123 valence electrons. The van der Waals surface area contributed by atoms with Crippen molar-refractivity contribution in [1.82, 2.24) is 5.32 Å². The number of benzene rings is 2. The minimum Gasteiger partial charge on any atom is -0.391 e. The Morgan fingerprint density at radius 3 is 2.43 bits per heavy atom. The van der Waals surface area contributed by atoms with Gasteiger partial charge in [-0.25, -0.2) is 8.78 Å². The molecule has 0 spiro atoms. The van der Waals surface area contributed by atoms with Crippen molar-refractivity contribution < 1.29 is 13.9 Å². The maximum absolute atomic E-state index is 13.1. The molecule has 2 aromatic carbocycles. The van der Waals surface area contributed by atoms with Crippen LogP contribution in [0.3, 0.4) is 0 Å². The summed E-state index contributed by atoms with van der Waals surface area (Å²) in [5.41, 5.74) is 2.96. The molecule has 0 fully saturated rings. The van der Waals surface area contributed by atoms with E-state index in [-0.39, 0.29) is 0 Å². The molecule has 0 aliphatic carbocycles. The Kier molecular flexibility index (Phi) is 6.68. The SMILES string of the molecule is CCc1cccc(CNCC(O)[CH]Cc2cc(F)cc(F)c2)c1. The average Bonchev–Trinajstić information content (AvgIpc) is 2.52. The van der Waals surface area contributed by atoms with E-state index in [4.69, 9.17) is 0 Å². The van der Waals surface area contributed by atoms with Gasteiger partial charge in [0.15, 0.2) is 0 Å². The number of rotatable bonds is 8. The first kappa shape index (κ1) is 17.6. The van der Waals surface area contributed by atoms with E-state index in [1.54, 1.807) is 6.42 Å². The largest absolute Gasteiger partial charge is 0.391 e. The van der Waals surface area contributed by atoms with E-state index in [1.165, 1.54) is 23.3 Å². The van der Waals surface area contributed by atoms with E-state index in [0.29, 0.717) is 25.1 Å². The highest BCUT2D eigenvalue weighted by Crippen LogP contribution is 2.11. The summed E-state index contributed by atoms with van der Waals surface area (Å²) in [6.45, 7) is 3.18. The van der Waals surface area contributed by atoms with Gasteiger partial charge in [0.25, 0.3) is 0 Å². The van der Waals surface area contributed by atoms with Gasteiger partial charge < -0.3 is 10.4 Å². The second-order valence-electron chi connectivity index (χ2n) is 5.59. The summed E-state index contributed by atoms with van der Waals surface area (Å²) in [4.78, 5) is 0. The third-order valence-electron chi connectivity index (χ3n) is 3.63. The molecule has 2 rings (SSSR count). The van der Waals surface area contributed by atoms with Gasteiger partial charge in [-0.2, -0.15) is 0 Å². The molecule has 0 saturated heterocycles. The number of hydrogen-bond acceptors (Lipinski definition) is 2. The quantitative estimate of drug-likeness (QED) is 0.781. The maximum Gasteiger partial charge on any atom is 0.126 e. The van der Waals surface area contributed by atoms with Crippen LogP contribution in [-0.2, 0) is 19.4 Å². The van der Waals surface area contributed by atoms with E-state index < -0.39 is 17.7 Å². The van der Waals surface area contributed by atoms with Crippen LogP contribution in [0.4, 0.5) is 8.78 Å². The van der Waals surface area contributed by atoms with Crippen LogP contribution < -0.4 is 5.32 Å². The summed E-state index contributed by atoms with van der Waals surface area (Å²) in [6, 6.07) is 11.7. The van der Waals surface area contributed by atoms with Gasteiger partial charge in [-0.3, -0.25) is 0 Å².